The standard InChI is InChI=1S/C11H11FN2O2/c1-3-6-13-11(15)8(2)16-9-4-5-10(12)14-7-9/h1,4-5,7-8H,6H2,2H3,(H,13,15). The fraction of sp³-hybridized carbons (Fsp3) is 0.273. The molecule has 84 valence electrons. The topological polar surface area (TPSA) is 51.2 Å². The third-order valence-corrected chi connectivity index (χ3v) is 1.75. The van der Waals surface area contributed by atoms with E-state index in [0.29, 0.717) is 5.75 Å². The average molecular weight is 222 g/mol. The van der Waals surface area contributed by atoms with Crippen LogP contribution in [0, 0.1) is 18.3 Å². The summed E-state index contributed by atoms with van der Waals surface area (Å²) in [5.74, 6) is 1.67. The number of hydrogen-bond acceptors (Lipinski definition) is 3. The maximum absolute atomic E-state index is 12.5. The molecule has 0 aromatic carbocycles. The number of aromatic nitrogens is 1. The zero-order valence-electron chi connectivity index (χ0n) is 8.74. The molecule has 5 heteroatoms. The highest BCUT2D eigenvalue weighted by Crippen LogP contribution is 2.10. The Balaban J connectivity index is 2.51. The second-order valence-corrected chi connectivity index (χ2v) is 3.00. The van der Waals surface area contributed by atoms with Crippen molar-refractivity contribution in [1.82, 2.24) is 10.3 Å². The molecule has 1 amide bonds. The highest BCUT2D eigenvalue weighted by Gasteiger charge is 2.13. The molecule has 0 aliphatic carbocycles. The van der Waals surface area contributed by atoms with Gasteiger partial charge in [-0.2, -0.15) is 4.39 Å². The quantitative estimate of drug-likeness (QED) is 0.603. The van der Waals surface area contributed by atoms with Crippen molar-refractivity contribution in [2.24, 2.45) is 0 Å². The zero-order chi connectivity index (χ0) is 12.0. The Morgan fingerprint density at radius 2 is 2.50 bits per heavy atom. The molecule has 1 aromatic rings. The van der Waals surface area contributed by atoms with Crippen molar-refractivity contribution in [3.05, 3.63) is 24.3 Å². The van der Waals surface area contributed by atoms with Crippen molar-refractivity contribution >= 4 is 5.91 Å². The number of amides is 1. The molecule has 1 unspecified atom stereocenters. The first-order chi connectivity index (χ1) is 7.63. The van der Waals surface area contributed by atoms with Gasteiger partial charge < -0.3 is 10.1 Å². The first-order valence-electron chi connectivity index (χ1n) is 4.63. The minimum Gasteiger partial charge on any atom is -0.479 e. The molecule has 0 radical (unpaired) electrons. The van der Waals surface area contributed by atoms with E-state index in [9.17, 15) is 9.18 Å². The molecular formula is C11H11FN2O2. The van der Waals surface area contributed by atoms with Gasteiger partial charge in [0.05, 0.1) is 12.7 Å². The van der Waals surface area contributed by atoms with Gasteiger partial charge in [-0.3, -0.25) is 4.79 Å². The SMILES string of the molecule is C#CCNC(=O)C(C)Oc1ccc(F)nc1. The van der Waals surface area contributed by atoms with Gasteiger partial charge in [0.2, 0.25) is 5.95 Å². The van der Waals surface area contributed by atoms with Crippen LogP contribution in [0.2, 0.25) is 0 Å². The van der Waals surface area contributed by atoms with Gasteiger partial charge in [0.25, 0.3) is 5.91 Å². The fourth-order valence-electron chi connectivity index (χ4n) is 0.971. The van der Waals surface area contributed by atoms with Gasteiger partial charge in [-0.15, -0.1) is 6.42 Å². The van der Waals surface area contributed by atoms with Gasteiger partial charge in [0, 0.05) is 0 Å². The number of nitrogens with zero attached hydrogens (tertiary/aromatic N) is 1. The molecule has 0 aliphatic rings. The van der Waals surface area contributed by atoms with Crippen LogP contribution in [0.1, 0.15) is 6.92 Å². The van der Waals surface area contributed by atoms with Crippen LogP contribution >= 0.6 is 0 Å². The van der Waals surface area contributed by atoms with Gasteiger partial charge in [0.15, 0.2) is 6.10 Å². The maximum atomic E-state index is 12.5. The van der Waals surface area contributed by atoms with E-state index >= 15 is 0 Å². The number of carbonyl (C=O) groups is 1. The molecule has 1 heterocycles. The van der Waals surface area contributed by atoms with Gasteiger partial charge in [-0.25, -0.2) is 4.98 Å². The minimum atomic E-state index is -0.708. The van der Waals surface area contributed by atoms with E-state index in [2.05, 4.69) is 16.2 Å². The minimum absolute atomic E-state index is 0.147. The predicted molar refractivity (Wildman–Crippen MR) is 56.1 cm³/mol. The van der Waals surface area contributed by atoms with Gasteiger partial charge in [-0.05, 0) is 19.1 Å². The lowest BCUT2D eigenvalue weighted by molar-refractivity contribution is -0.127. The molecule has 0 saturated carbocycles. The number of nitrogens with one attached hydrogen (secondary N) is 1. The fourth-order valence-corrected chi connectivity index (χ4v) is 0.971. The number of carbonyl (C=O) groups excluding carboxylic acids is 1. The van der Waals surface area contributed by atoms with Crippen LogP contribution in [0.15, 0.2) is 18.3 Å². The van der Waals surface area contributed by atoms with Gasteiger partial charge in [-0.1, -0.05) is 5.92 Å². The van der Waals surface area contributed by atoms with Gasteiger partial charge in [0.1, 0.15) is 5.75 Å². The van der Waals surface area contributed by atoms with Crippen molar-refractivity contribution in [3.8, 4) is 18.1 Å². The van der Waals surface area contributed by atoms with Crippen LogP contribution in [0.4, 0.5) is 4.39 Å². The number of halogens is 1. The van der Waals surface area contributed by atoms with Crippen LogP contribution in [-0.4, -0.2) is 23.5 Å². The van der Waals surface area contributed by atoms with Crippen LogP contribution in [-0.2, 0) is 4.79 Å². The van der Waals surface area contributed by atoms with Crippen molar-refractivity contribution in [2.45, 2.75) is 13.0 Å². The normalized spacial score (nSPS) is 11.3. The largest absolute Gasteiger partial charge is 0.479 e. The van der Waals surface area contributed by atoms with Crippen LogP contribution in [0.3, 0.4) is 0 Å². The summed E-state index contributed by atoms with van der Waals surface area (Å²) in [7, 11) is 0. The lowest BCUT2D eigenvalue weighted by Gasteiger charge is -2.13. The molecule has 0 saturated heterocycles. The summed E-state index contributed by atoms with van der Waals surface area (Å²) in [6.07, 6.45) is 5.49. The summed E-state index contributed by atoms with van der Waals surface area (Å²) in [4.78, 5) is 14.7. The Morgan fingerprint density at radius 3 is 3.06 bits per heavy atom. The van der Waals surface area contributed by atoms with Crippen molar-refractivity contribution < 1.29 is 13.9 Å². The van der Waals surface area contributed by atoms with E-state index in [1.54, 1.807) is 6.92 Å². The third-order valence-electron chi connectivity index (χ3n) is 1.75. The monoisotopic (exact) mass is 222 g/mol. The highest BCUT2D eigenvalue weighted by molar-refractivity contribution is 5.80. The van der Waals surface area contributed by atoms with E-state index in [4.69, 9.17) is 11.2 Å². The summed E-state index contributed by atoms with van der Waals surface area (Å²) >= 11 is 0. The molecule has 1 atom stereocenters. The van der Waals surface area contributed by atoms with Crippen LogP contribution in [0.5, 0.6) is 5.75 Å². The van der Waals surface area contributed by atoms with E-state index < -0.39 is 12.1 Å². The van der Waals surface area contributed by atoms with Gasteiger partial charge >= 0.3 is 0 Å². The summed E-state index contributed by atoms with van der Waals surface area (Å²) in [6.45, 7) is 1.71. The Labute approximate surface area is 92.8 Å². The average Bonchev–Trinajstić information content (AvgIpc) is 2.29. The number of rotatable bonds is 4. The maximum Gasteiger partial charge on any atom is 0.261 e. The molecule has 16 heavy (non-hydrogen) atoms. The van der Waals surface area contributed by atoms with Crippen LogP contribution < -0.4 is 10.1 Å². The van der Waals surface area contributed by atoms with E-state index in [1.165, 1.54) is 12.3 Å². The molecule has 4 nitrogen and oxygen atoms in total. The Bertz CT molecular complexity index is 397. The first-order valence-corrected chi connectivity index (χ1v) is 4.63. The molecule has 0 bridgehead atoms. The van der Waals surface area contributed by atoms with E-state index in [1.807, 2.05) is 0 Å². The molecule has 0 spiro atoms. The lowest BCUT2D eigenvalue weighted by Crippen LogP contribution is -2.36. The number of ether oxygens (including phenoxy) is 1. The van der Waals surface area contributed by atoms with E-state index in [0.717, 1.165) is 6.07 Å². The Morgan fingerprint density at radius 1 is 1.75 bits per heavy atom. The lowest BCUT2D eigenvalue weighted by atomic mass is 10.3. The summed E-state index contributed by atoms with van der Waals surface area (Å²) < 4.78 is 17.7. The van der Waals surface area contributed by atoms with E-state index in [-0.39, 0.29) is 12.5 Å². The molecule has 0 fully saturated rings. The molecule has 1 rings (SSSR count). The smallest absolute Gasteiger partial charge is 0.261 e. The summed E-state index contributed by atoms with van der Waals surface area (Å²) in [5.41, 5.74) is 0. The van der Waals surface area contributed by atoms with Crippen molar-refractivity contribution in [3.63, 3.8) is 0 Å². The van der Waals surface area contributed by atoms with Crippen molar-refractivity contribution in [1.29, 1.82) is 0 Å². The van der Waals surface area contributed by atoms with Crippen molar-refractivity contribution in [2.75, 3.05) is 6.54 Å². The molecule has 1 N–H and O–H groups in total. The number of terminal acetylenes is 1. The Kier molecular flexibility index (Phi) is 4.28. The third kappa shape index (κ3) is 3.58. The first kappa shape index (κ1) is 12.0. The molecule has 0 aliphatic heterocycles. The molecule has 1 aromatic heterocycles. The Hall–Kier alpha value is -2.09. The second-order valence-electron chi connectivity index (χ2n) is 3.00. The number of hydrogen-bond donors (Lipinski definition) is 1. The van der Waals surface area contributed by atoms with Crippen LogP contribution in [0.25, 0.3) is 0 Å². The number of pyridine rings is 1. The summed E-state index contributed by atoms with van der Waals surface area (Å²) in [6, 6.07) is 2.55. The predicted octanol–water partition coefficient (Wildman–Crippen LogP) is 0.737. The second kappa shape index (κ2) is 5.71. The molecular weight excluding hydrogens is 211 g/mol. The highest BCUT2D eigenvalue weighted by atomic mass is 19.1. The zero-order valence-corrected chi connectivity index (χ0v) is 8.74. The summed E-state index contributed by atoms with van der Waals surface area (Å²) in [5, 5.41) is 2.47.